The molecule has 0 aromatic carbocycles. The second kappa shape index (κ2) is 3.64. The summed E-state index contributed by atoms with van der Waals surface area (Å²) in [7, 11) is 2.98. The zero-order valence-corrected chi connectivity index (χ0v) is 10.2. The number of rotatable bonds is 2. The Hall–Kier alpha value is -1.27. The number of hydrogen-bond donors (Lipinski definition) is 0. The van der Waals surface area contributed by atoms with Gasteiger partial charge in [0.2, 0.25) is 0 Å². The number of pyridine rings is 1. The standard InChI is InChI=1S/C9H9ClN2O3S/c1-6-3-4-12-7(16(10,13)14)5-11-9(12)8(6)15-2/h3-5H,1-2H3. The lowest BCUT2D eigenvalue weighted by Gasteiger charge is -2.06. The van der Waals surface area contributed by atoms with Crippen LogP contribution in [0.15, 0.2) is 23.5 Å². The quantitative estimate of drug-likeness (QED) is 0.769. The fourth-order valence-corrected chi connectivity index (χ4v) is 2.43. The van der Waals surface area contributed by atoms with Gasteiger partial charge in [0.1, 0.15) is 0 Å². The van der Waals surface area contributed by atoms with Crippen LogP contribution in [0.2, 0.25) is 0 Å². The summed E-state index contributed by atoms with van der Waals surface area (Å²) in [4.78, 5) is 3.99. The van der Waals surface area contributed by atoms with Crippen LogP contribution in [0.3, 0.4) is 0 Å². The molecule has 5 nitrogen and oxygen atoms in total. The van der Waals surface area contributed by atoms with E-state index in [0.29, 0.717) is 11.4 Å². The Morgan fingerprint density at radius 3 is 2.75 bits per heavy atom. The molecule has 0 aliphatic heterocycles. The predicted octanol–water partition coefficient (Wildman–Crippen LogP) is 1.58. The highest BCUT2D eigenvalue weighted by atomic mass is 35.7. The molecule has 0 N–H and O–H groups in total. The summed E-state index contributed by atoms with van der Waals surface area (Å²) >= 11 is 0. The first kappa shape index (κ1) is 11.2. The summed E-state index contributed by atoms with van der Waals surface area (Å²) in [5.41, 5.74) is 1.31. The molecule has 0 saturated carbocycles. The van der Waals surface area contributed by atoms with Crippen molar-refractivity contribution >= 4 is 25.4 Å². The molecule has 0 aliphatic carbocycles. The first-order chi connectivity index (χ1) is 7.45. The van der Waals surface area contributed by atoms with Gasteiger partial charge < -0.3 is 4.74 Å². The number of aryl methyl sites for hydroxylation is 1. The van der Waals surface area contributed by atoms with Gasteiger partial charge in [0, 0.05) is 16.9 Å². The largest absolute Gasteiger partial charge is 0.493 e. The minimum atomic E-state index is -3.81. The average molecular weight is 261 g/mol. The zero-order valence-electron chi connectivity index (χ0n) is 8.64. The van der Waals surface area contributed by atoms with Gasteiger partial charge in [0.05, 0.1) is 13.3 Å². The predicted molar refractivity (Wildman–Crippen MR) is 59.5 cm³/mol. The minimum Gasteiger partial charge on any atom is -0.493 e. The first-order valence-electron chi connectivity index (χ1n) is 4.40. The van der Waals surface area contributed by atoms with Crippen molar-refractivity contribution in [2.24, 2.45) is 0 Å². The highest BCUT2D eigenvalue weighted by Crippen LogP contribution is 2.26. The highest BCUT2D eigenvalue weighted by molar-refractivity contribution is 8.13. The smallest absolute Gasteiger partial charge is 0.278 e. The Morgan fingerprint density at radius 1 is 1.50 bits per heavy atom. The molecular formula is C9H9ClN2O3S. The number of ether oxygens (including phenoxy) is 1. The van der Waals surface area contributed by atoms with E-state index in [-0.39, 0.29) is 5.03 Å². The summed E-state index contributed by atoms with van der Waals surface area (Å²) in [6.45, 7) is 1.85. The second-order valence-electron chi connectivity index (χ2n) is 3.26. The fourth-order valence-electron chi connectivity index (χ4n) is 1.53. The molecule has 0 atom stereocenters. The topological polar surface area (TPSA) is 60.7 Å². The van der Waals surface area contributed by atoms with Crippen LogP contribution >= 0.6 is 10.7 Å². The van der Waals surface area contributed by atoms with E-state index in [4.69, 9.17) is 15.4 Å². The molecule has 0 amide bonds. The molecule has 2 aromatic heterocycles. The van der Waals surface area contributed by atoms with Crippen LogP contribution in [-0.4, -0.2) is 24.9 Å². The highest BCUT2D eigenvalue weighted by Gasteiger charge is 2.18. The Balaban J connectivity index is 2.87. The number of halogens is 1. The molecule has 0 aliphatic rings. The van der Waals surface area contributed by atoms with Crippen molar-refractivity contribution in [1.82, 2.24) is 9.38 Å². The Kier molecular flexibility index (Phi) is 2.55. The molecule has 86 valence electrons. The normalized spacial score (nSPS) is 11.9. The number of nitrogens with zero attached hydrogens (tertiary/aromatic N) is 2. The van der Waals surface area contributed by atoms with Crippen molar-refractivity contribution in [3.63, 3.8) is 0 Å². The summed E-state index contributed by atoms with van der Waals surface area (Å²) < 4.78 is 29.1. The number of hydrogen-bond acceptors (Lipinski definition) is 4. The van der Waals surface area contributed by atoms with Gasteiger partial charge in [-0.3, -0.25) is 4.40 Å². The van der Waals surface area contributed by atoms with E-state index in [1.807, 2.05) is 6.92 Å². The molecule has 0 saturated heterocycles. The zero-order chi connectivity index (χ0) is 11.9. The van der Waals surface area contributed by atoms with Crippen LogP contribution in [0.1, 0.15) is 5.56 Å². The van der Waals surface area contributed by atoms with Crippen LogP contribution in [0.4, 0.5) is 0 Å². The summed E-state index contributed by atoms with van der Waals surface area (Å²) in [5, 5.41) is -0.0672. The number of imidazole rings is 1. The fraction of sp³-hybridized carbons (Fsp3) is 0.222. The van der Waals surface area contributed by atoms with Crippen molar-refractivity contribution < 1.29 is 13.2 Å². The van der Waals surface area contributed by atoms with E-state index < -0.39 is 9.05 Å². The number of fused-ring (bicyclic) bond motifs is 1. The molecule has 0 bridgehead atoms. The maximum atomic E-state index is 11.3. The van der Waals surface area contributed by atoms with Crippen molar-refractivity contribution in [3.05, 3.63) is 24.0 Å². The second-order valence-corrected chi connectivity index (χ2v) is 5.77. The van der Waals surface area contributed by atoms with E-state index in [9.17, 15) is 8.42 Å². The SMILES string of the molecule is COc1c(C)ccn2c(S(=O)(=O)Cl)cnc12. The third-order valence-corrected chi connectivity index (χ3v) is 3.53. The lowest BCUT2D eigenvalue weighted by molar-refractivity contribution is 0.413. The van der Waals surface area contributed by atoms with E-state index in [1.54, 1.807) is 12.3 Å². The summed E-state index contributed by atoms with van der Waals surface area (Å²) in [6, 6.07) is 1.74. The first-order valence-corrected chi connectivity index (χ1v) is 6.71. The maximum Gasteiger partial charge on any atom is 0.278 e. The van der Waals surface area contributed by atoms with Crippen LogP contribution in [-0.2, 0) is 9.05 Å². The van der Waals surface area contributed by atoms with E-state index in [0.717, 1.165) is 5.56 Å². The Morgan fingerprint density at radius 2 is 2.19 bits per heavy atom. The van der Waals surface area contributed by atoms with E-state index in [1.165, 1.54) is 17.7 Å². The van der Waals surface area contributed by atoms with Crippen LogP contribution < -0.4 is 4.74 Å². The molecule has 16 heavy (non-hydrogen) atoms. The lowest BCUT2D eigenvalue weighted by Crippen LogP contribution is -1.99. The number of methoxy groups -OCH3 is 1. The molecule has 2 heterocycles. The lowest BCUT2D eigenvalue weighted by atomic mass is 10.3. The van der Waals surface area contributed by atoms with Gasteiger partial charge in [-0.15, -0.1) is 0 Å². The molecule has 0 fully saturated rings. The summed E-state index contributed by atoms with van der Waals surface area (Å²) in [6.07, 6.45) is 2.80. The molecule has 7 heteroatoms. The summed E-state index contributed by atoms with van der Waals surface area (Å²) in [5.74, 6) is 0.536. The van der Waals surface area contributed by atoms with Gasteiger partial charge in [0.25, 0.3) is 9.05 Å². The third kappa shape index (κ3) is 1.64. The monoisotopic (exact) mass is 260 g/mol. The van der Waals surface area contributed by atoms with Gasteiger partial charge in [-0.1, -0.05) is 0 Å². The van der Waals surface area contributed by atoms with Crippen LogP contribution in [0.25, 0.3) is 5.65 Å². The molecule has 2 rings (SSSR count). The van der Waals surface area contributed by atoms with Gasteiger partial charge in [-0.25, -0.2) is 13.4 Å². The van der Waals surface area contributed by atoms with E-state index in [2.05, 4.69) is 4.98 Å². The number of aromatic nitrogens is 2. The van der Waals surface area contributed by atoms with Gasteiger partial charge >= 0.3 is 0 Å². The van der Waals surface area contributed by atoms with Gasteiger partial charge in [-0.2, -0.15) is 0 Å². The van der Waals surface area contributed by atoms with Crippen molar-refractivity contribution in [2.75, 3.05) is 7.11 Å². The third-order valence-electron chi connectivity index (χ3n) is 2.25. The molecular weight excluding hydrogens is 252 g/mol. The molecule has 0 unspecified atom stereocenters. The Labute approximate surface area is 97.0 Å². The van der Waals surface area contributed by atoms with Gasteiger partial charge in [-0.05, 0) is 18.6 Å². The molecule has 0 radical (unpaired) electrons. The molecule has 2 aromatic rings. The Bertz CT molecular complexity index is 648. The average Bonchev–Trinajstić information content (AvgIpc) is 2.60. The maximum absolute atomic E-state index is 11.3. The van der Waals surface area contributed by atoms with E-state index >= 15 is 0 Å². The van der Waals surface area contributed by atoms with Crippen LogP contribution in [0.5, 0.6) is 5.75 Å². The molecule has 0 spiro atoms. The van der Waals surface area contributed by atoms with Crippen LogP contribution in [0, 0.1) is 6.92 Å². The van der Waals surface area contributed by atoms with Gasteiger partial charge in [0.15, 0.2) is 16.4 Å². The van der Waals surface area contributed by atoms with Crippen molar-refractivity contribution in [2.45, 2.75) is 11.9 Å². The van der Waals surface area contributed by atoms with Crippen molar-refractivity contribution in [3.8, 4) is 5.75 Å². The van der Waals surface area contributed by atoms with Crippen molar-refractivity contribution in [1.29, 1.82) is 0 Å². The minimum absolute atomic E-state index is 0.0672.